The van der Waals surface area contributed by atoms with Crippen LogP contribution in [0.2, 0.25) is 0 Å². The van der Waals surface area contributed by atoms with Crippen LogP contribution in [0.5, 0.6) is 11.5 Å². The van der Waals surface area contributed by atoms with Crippen molar-refractivity contribution in [1.82, 2.24) is 0 Å². The molecule has 2 aromatic rings. The lowest BCUT2D eigenvalue weighted by atomic mass is 10.2. The molecular weight excluding hydrogens is 268 g/mol. The number of hydrogen-bond acceptors (Lipinski definition) is 3. The molecule has 0 radical (unpaired) electrons. The summed E-state index contributed by atoms with van der Waals surface area (Å²) < 4.78 is 11.1. The number of carboxylic acids is 1. The number of para-hydroxylation sites is 2. The Hall–Kier alpha value is -2.49. The highest BCUT2D eigenvalue weighted by Crippen LogP contribution is 2.18. The number of rotatable bonds is 8. The smallest absolute Gasteiger partial charge is 0.339 e. The van der Waals surface area contributed by atoms with Gasteiger partial charge in [0.2, 0.25) is 0 Å². The molecule has 0 atom stereocenters. The maximum Gasteiger partial charge on any atom is 0.339 e. The Morgan fingerprint density at radius 1 is 0.857 bits per heavy atom. The predicted molar refractivity (Wildman–Crippen MR) is 80.1 cm³/mol. The highest BCUT2D eigenvalue weighted by atomic mass is 16.5. The van der Waals surface area contributed by atoms with E-state index in [1.54, 1.807) is 18.2 Å². The zero-order chi connectivity index (χ0) is 14.9. The maximum atomic E-state index is 11.0. The van der Waals surface area contributed by atoms with Gasteiger partial charge >= 0.3 is 5.97 Å². The van der Waals surface area contributed by atoms with Crippen LogP contribution in [0, 0.1) is 0 Å². The second-order valence-electron chi connectivity index (χ2n) is 4.52. The average molecular weight is 286 g/mol. The minimum atomic E-state index is -0.974. The molecule has 0 bridgehead atoms. The molecule has 0 saturated carbocycles. The number of ether oxygens (including phenoxy) is 2. The molecule has 2 aromatic carbocycles. The summed E-state index contributed by atoms with van der Waals surface area (Å²) >= 11 is 0. The number of carboxylic acid groups (broad SMARTS) is 1. The van der Waals surface area contributed by atoms with Crippen molar-refractivity contribution >= 4 is 5.97 Å². The normalized spacial score (nSPS) is 10.1. The Bertz CT molecular complexity index is 566. The largest absolute Gasteiger partial charge is 0.494 e. The van der Waals surface area contributed by atoms with Crippen LogP contribution in [-0.4, -0.2) is 24.3 Å². The molecule has 0 aliphatic carbocycles. The number of unbranched alkanes of at least 4 members (excludes halogenated alkanes) is 1. The SMILES string of the molecule is O=C(O)c1ccccc1OCCCCOc1ccccc1. The van der Waals surface area contributed by atoms with Crippen molar-refractivity contribution in [1.29, 1.82) is 0 Å². The quantitative estimate of drug-likeness (QED) is 0.753. The molecule has 1 N–H and O–H groups in total. The third-order valence-corrected chi connectivity index (χ3v) is 2.93. The number of hydrogen-bond donors (Lipinski definition) is 1. The molecule has 0 aliphatic heterocycles. The van der Waals surface area contributed by atoms with E-state index in [0.717, 1.165) is 18.6 Å². The molecule has 0 fully saturated rings. The average Bonchev–Trinajstić information content (AvgIpc) is 2.52. The van der Waals surface area contributed by atoms with Gasteiger partial charge in [0.15, 0.2) is 0 Å². The van der Waals surface area contributed by atoms with Gasteiger partial charge in [-0.1, -0.05) is 30.3 Å². The van der Waals surface area contributed by atoms with Crippen LogP contribution >= 0.6 is 0 Å². The fraction of sp³-hybridized carbons (Fsp3) is 0.235. The Kier molecular flexibility index (Phi) is 5.64. The zero-order valence-electron chi connectivity index (χ0n) is 11.7. The third-order valence-electron chi connectivity index (χ3n) is 2.93. The minimum Gasteiger partial charge on any atom is -0.494 e. The van der Waals surface area contributed by atoms with E-state index in [1.807, 2.05) is 30.3 Å². The summed E-state index contributed by atoms with van der Waals surface area (Å²) in [6.45, 7) is 1.09. The van der Waals surface area contributed by atoms with Crippen molar-refractivity contribution < 1.29 is 19.4 Å². The van der Waals surface area contributed by atoms with Gasteiger partial charge in [-0.25, -0.2) is 4.79 Å². The van der Waals surface area contributed by atoms with E-state index >= 15 is 0 Å². The molecule has 0 heterocycles. The van der Waals surface area contributed by atoms with E-state index in [4.69, 9.17) is 14.6 Å². The van der Waals surface area contributed by atoms with Gasteiger partial charge in [0.1, 0.15) is 17.1 Å². The van der Waals surface area contributed by atoms with Gasteiger partial charge in [-0.15, -0.1) is 0 Å². The van der Waals surface area contributed by atoms with E-state index in [-0.39, 0.29) is 5.56 Å². The minimum absolute atomic E-state index is 0.193. The van der Waals surface area contributed by atoms with Crippen LogP contribution < -0.4 is 9.47 Å². The monoisotopic (exact) mass is 286 g/mol. The van der Waals surface area contributed by atoms with E-state index < -0.39 is 5.97 Å². The highest BCUT2D eigenvalue weighted by molar-refractivity contribution is 5.90. The number of aromatic carboxylic acids is 1. The molecule has 0 aromatic heterocycles. The van der Waals surface area contributed by atoms with Gasteiger partial charge in [-0.05, 0) is 37.1 Å². The summed E-state index contributed by atoms with van der Waals surface area (Å²) in [4.78, 5) is 11.0. The van der Waals surface area contributed by atoms with Crippen LogP contribution in [0.25, 0.3) is 0 Å². The molecule has 0 spiro atoms. The summed E-state index contributed by atoms with van der Waals surface area (Å²) in [5.41, 5.74) is 0.193. The summed E-state index contributed by atoms with van der Waals surface area (Å²) in [5.74, 6) is 0.293. The van der Waals surface area contributed by atoms with Crippen LogP contribution in [0.15, 0.2) is 54.6 Å². The lowest BCUT2D eigenvalue weighted by molar-refractivity contribution is 0.0692. The van der Waals surface area contributed by atoms with Gasteiger partial charge in [0.05, 0.1) is 13.2 Å². The van der Waals surface area contributed by atoms with Crippen LogP contribution in [0.1, 0.15) is 23.2 Å². The Morgan fingerprint density at radius 2 is 1.48 bits per heavy atom. The molecule has 0 amide bonds. The second-order valence-corrected chi connectivity index (χ2v) is 4.52. The third kappa shape index (κ3) is 4.84. The zero-order valence-corrected chi connectivity index (χ0v) is 11.7. The molecule has 110 valence electrons. The summed E-state index contributed by atoms with van der Waals surface area (Å²) in [5, 5.41) is 9.03. The van der Waals surface area contributed by atoms with Crippen molar-refractivity contribution in [2.45, 2.75) is 12.8 Å². The molecule has 0 unspecified atom stereocenters. The predicted octanol–water partition coefficient (Wildman–Crippen LogP) is 3.62. The fourth-order valence-corrected chi connectivity index (χ4v) is 1.86. The Labute approximate surface area is 123 Å². The molecular formula is C17H18O4. The van der Waals surface area contributed by atoms with Gasteiger partial charge in [0.25, 0.3) is 0 Å². The molecule has 4 heteroatoms. The molecule has 2 rings (SSSR count). The van der Waals surface area contributed by atoms with Crippen molar-refractivity contribution in [2.24, 2.45) is 0 Å². The van der Waals surface area contributed by atoms with E-state index in [1.165, 1.54) is 6.07 Å². The second kappa shape index (κ2) is 7.94. The van der Waals surface area contributed by atoms with Crippen molar-refractivity contribution in [2.75, 3.05) is 13.2 Å². The van der Waals surface area contributed by atoms with Crippen molar-refractivity contribution in [3.05, 3.63) is 60.2 Å². The first-order chi connectivity index (χ1) is 10.3. The molecule has 0 saturated heterocycles. The topological polar surface area (TPSA) is 55.8 Å². The van der Waals surface area contributed by atoms with Gasteiger partial charge in [-0.2, -0.15) is 0 Å². The standard InChI is InChI=1S/C17H18O4/c18-17(19)15-10-4-5-11-16(15)21-13-7-6-12-20-14-8-2-1-3-9-14/h1-5,8-11H,6-7,12-13H2,(H,18,19). The van der Waals surface area contributed by atoms with Gasteiger partial charge in [0, 0.05) is 0 Å². The van der Waals surface area contributed by atoms with Crippen LogP contribution in [0.3, 0.4) is 0 Å². The maximum absolute atomic E-state index is 11.0. The summed E-state index contributed by atoms with van der Waals surface area (Å²) in [6, 6.07) is 16.3. The summed E-state index contributed by atoms with van der Waals surface area (Å²) in [7, 11) is 0. The highest BCUT2D eigenvalue weighted by Gasteiger charge is 2.09. The number of benzene rings is 2. The van der Waals surface area contributed by atoms with E-state index in [9.17, 15) is 4.79 Å². The van der Waals surface area contributed by atoms with Gasteiger partial charge < -0.3 is 14.6 Å². The fourth-order valence-electron chi connectivity index (χ4n) is 1.86. The van der Waals surface area contributed by atoms with E-state index in [0.29, 0.717) is 19.0 Å². The van der Waals surface area contributed by atoms with Crippen molar-refractivity contribution in [3.63, 3.8) is 0 Å². The number of carbonyl (C=O) groups is 1. The first kappa shape index (κ1) is 14.9. The van der Waals surface area contributed by atoms with Crippen LogP contribution in [-0.2, 0) is 0 Å². The molecule has 4 nitrogen and oxygen atoms in total. The lowest BCUT2D eigenvalue weighted by Crippen LogP contribution is -2.06. The molecule has 0 aliphatic rings. The van der Waals surface area contributed by atoms with Crippen LogP contribution in [0.4, 0.5) is 0 Å². The summed E-state index contributed by atoms with van der Waals surface area (Å²) in [6.07, 6.45) is 1.66. The van der Waals surface area contributed by atoms with Gasteiger partial charge in [-0.3, -0.25) is 0 Å². The van der Waals surface area contributed by atoms with E-state index in [2.05, 4.69) is 0 Å². The first-order valence-electron chi connectivity index (χ1n) is 6.90. The molecule has 21 heavy (non-hydrogen) atoms. The van der Waals surface area contributed by atoms with Crippen molar-refractivity contribution in [3.8, 4) is 11.5 Å². The first-order valence-corrected chi connectivity index (χ1v) is 6.90. The Morgan fingerprint density at radius 3 is 2.19 bits per heavy atom. The lowest BCUT2D eigenvalue weighted by Gasteiger charge is -2.09. The Balaban J connectivity index is 1.67.